The molecule has 0 N–H and O–H groups in total. The maximum atomic E-state index is 11.7. The van der Waals surface area contributed by atoms with Gasteiger partial charge < -0.3 is 0 Å². The van der Waals surface area contributed by atoms with Gasteiger partial charge >= 0.3 is 7.99 Å². The molecule has 0 aromatic rings. The van der Waals surface area contributed by atoms with Gasteiger partial charge in [0.15, 0.2) is 0 Å². The van der Waals surface area contributed by atoms with Crippen molar-refractivity contribution in [2.45, 2.75) is 12.5 Å². The van der Waals surface area contributed by atoms with E-state index in [0.717, 1.165) is 6.08 Å². The van der Waals surface area contributed by atoms with Crippen molar-refractivity contribution in [2.75, 3.05) is 0 Å². The van der Waals surface area contributed by atoms with Gasteiger partial charge in [-0.2, -0.15) is 0 Å². The van der Waals surface area contributed by atoms with E-state index in [2.05, 4.69) is 17.0 Å². The van der Waals surface area contributed by atoms with E-state index in [4.69, 9.17) is 6.42 Å². The average Bonchev–Trinajstić information content (AvgIpc) is 1.84. The van der Waals surface area contributed by atoms with Crippen LogP contribution in [0.15, 0.2) is 12.7 Å². The topological polar surface area (TPSA) is 26.3 Å². The third kappa shape index (κ3) is 5.78. The molecular weight excluding hydrogens is 173 g/mol. The molecule has 0 saturated carbocycles. The van der Waals surface area contributed by atoms with Crippen LogP contribution in [0.4, 0.5) is 8.39 Å². The molecule has 0 aliphatic heterocycles. The third-order valence-electron chi connectivity index (χ3n) is 0.840. The summed E-state index contributed by atoms with van der Waals surface area (Å²) in [7, 11) is -5.43. The van der Waals surface area contributed by atoms with Gasteiger partial charge in [0.2, 0.25) is 0 Å². The lowest BCUT2D eigenvalue weighted by Gasteiger charge is -2.07. The monoisotopic (exact) mass is 180 g/mol. The quantitative estimate of drug-likeness (QED) is 0.377. The minimum atomic E-state index is -5.43. The van der Waals surface area contributed by atoms with Crippen LogP contribution in [0.2, 0.25) is 0 Å². The highest BCUT2D eigenvalue weighted by atomic mass is 31.2. The van der Waals surface area contributed by atoms with E-state index < -0.39 is 14.1 Å². The van der Waals surface area contributed by atoms with E-state index in [1.54, 1.807) is 0 Å². The molecule has 0 aromatic heterocycles. The Morgan fingerprint density at radius 3 is 2.64 bits per heavy atom. The molecule has 0 bridgehead atoms. The number of halogens is 2. The lowest BCUT2D eigenvalue weighted by atomic mass is 10.3. The largest absolute Gasteiger partial charge is 0.552 e. The normalized spacial score (nSPS) is 13.5. The van der Waals surface area contributed by atoms with Crippen molar-refractivity contribution in [1.29, 1.82) is 0 Å². The highest BCUT2D eigenvalue weighted by Crippen LogP contribution is 2.51. The fraction of sp³-hybridized carbons (Fsp3) is 0.333. The third-order valence-corrected chi connectivity index (χ3v) is 1.36. The van der Waals surface area contributed by atoms with Gasteiger partial charge in [0.05, 0.1) is 6.10 Å². The highest BCUT2D eigenvalue weighted by molar-refractivity contribution is 7.47. The van der Waals surface area contributed by atoms with E-state index in [1.807, 2.05) is 0 Å². The van der Waals surface area contributed by atoms with Gasteiger partial charge in [-0.3, -0.25) is 4.52 Å². The van der Waals surface area contributed by atoms with Crippen molar-refractivity contribution in [3.63, 3.8) is 0 Å². The smallest absolute Gasteiger partial charge is 0.272 e. The van der Waals surface area contributed by atoms with Crippen molar-refractivity contribution >= 4 is 7.99 Å². The molecule has 0 amide bonds. The molecular formula is C6H7F2O2P. The first-order valence-corrected chi connectivity index (χ1v) is 4.14. The summed E-state index contributed by atoms with van der Waals surface area (Å²) in [4.78, 5) is 0. The lowest BCUT2D eigenvalue weighted by molar-refractivity contribution is 0.211. The van der Waals surface area contributed by atoms with Crippen molar-refractivity contribution < 1.29 is 17.5 Å². The molecule has 0 radical (unpaired) electrons. The predicted molar refractivity (Wildman–Crippen MR) is 38.3 cm³/mol. The second kappa shape index (κ2) is 4.27. The SMILES string of the molecule is C#CCC(C=C)OP(=O)(F)F. The fourth-order valence-electron chi connectivity index (χ4n) is 0.437. The Kier molecular flexibility index (Phi) is 4.02. The Hall–Kier alpha value is -0.650. The van der Waals surface area contributed by atoms with Crippen LogP contribution in [0.3, 0.4) is 0 Å². The van der Waals surface area contributed by atoms with Crippen LogP contribution in [0.5, 0.6) is 0 Å². The minimum Gasteiger partial charge on any atom is -0.272 e. The van der Waals surface area contributed by atoms with Crippen LogP contribution in [0, 0.1) is 12.3 Å². The maximum Gasteiger partial charge on any atom is 0.552 e. The molecule has 0 spiro atoms. The Bertz CT molecular complexity index is 215. The second-order valence-corrected chi connectivity index (χ2v) is 2.74. The van der Waals surface area contributed by atoms with Crippen molar-refractivity contribution in [2.24, 2.45) is 0 Å². The molecule has 11 heavy (non-hydrogen) atoms. The van der Waals surface area contributed by atoms with Gasteiger partial charge in [0.25, 0.3) is 0 Å². The number of hydrogen-bond acceptors (Lipinski definition) is 2. The summed E-state index contributed by atoms with van der Waals surface area (Å²) in [6.45, 7) is 3.19. The molecule has 1 atom stereocenters. The van der Waals surface area contributed by atoms with Crippen LogP contribution in [0.1, 0.15) is 6.42 Å². The second-order valence-electron chi connectivity index (χ2n) is 1.70. The number of terminal acetylenes is 1. The molecule has 5 heteroatoms. The first kappa shape index (κ1) is 10.3. The van der Waals surface area contributed by atoms with Gasteiger partial charge in [-0.05, 0) is 0 Å². The minimum absolute atomic E-state index is 0.0542. The molecule has 0 fully saturated rings. The molecule has 0 rings (SSSR count). The van der Waals surface area contributed by atoms with Crippen molar-refractivity contribution in [1.82, 2.24) is 0 Å². The molecule has 0 aromatic carbocycles. The van der Waals surface area contributed by atoms with E-state index in [-0.39, 0.29) is 6.42 Å². The van der Waals surface area contributed by atoms with Crippen LogP contribution in [0.25, 0.3) is 0 Å². The molecule has 0 aliphatic rings. The summed E-state index contributed by atoms with van der Waals surface area (Å²) < 4.78 is 37.0. The Morgan fingerprint density at radius 1 is 1.82 bits per heavy atom. The fourth-order valence-corrected chi connectivity index (χ4v) is 0.913. The number of rotatable bonds is 4. The van der Waals surface area contributed by atoms with Crippen molar-refractivity contribution in [3.05, 3.63) is 12.7 Å². The van der Waals surface area contributed by atoms with Crippen LogP contribution in [-0.4, -0.2) is 6.10 Å². The Morgan fingerprint density at radius 2 is 2.36 bits per heavy atom. The molecule has 2 nitrogen and oxygen atoms in total. The zero-order valence-electron chi connectivity index (χ0n) is 5.67. The van der Waals surface area contributed by atoms with Gasteiger partial charge in [0.1, 0.15) is 0 Å². The molecule has 0 aliphatic carbocycles. The van der Waals surface area contributed by atoms with Crippen LogP contribution < -0.4 is 0 Å². The van der Waals surface area contributed by atoms with Crippen LogP contribution in [-0.2, 0) is 9.09 Å². The Labute approximate surface area is 63.9 Å². The summed E-state index contributed by atoms with van der Waals surface area (Å²) in [5.41, 5.74) is 0. The summed E-state index contributed by atoms with van der Waals surface area (Å²) >= 11 is 0. The molecule has 0 saturated heterocycles. The standard InChI is InChI=1S/C6H7F2O2P/c1-3-5-6(4-2)10-11(7,8)9/h1,4,6H,2,5H2. The van der Waals surface area contributed by atoms with Crippen LogP contribution >= 0.6 is 7.99 Å². The van der Waals surface area contributed by atoms with Gasteiger partial charge in [0, 0.05) is 6.42 Å². The zero-order chi connectivity index (χ0) is 8.91. The molecule has 1 unspecified atom stereocenters. The van der Waals surface area contributed by atoms with Gasteiger partial charge in [-0.15, -0.1) is 27.3 Å². The van der Waals surface area contributed by atoms with E-state index in [0.29, 0.717) is 0 Å². The van der Waals surface area contributed by atoms with Gasteiger partial charge in [-0.25, -0.2) is 4.57 Å². The Balaban J connectivity index is 4.01. The van der Waals surface area contributed by atoms with Crippen molar-refractivity contribution in [3.8, 4) is 12.3 Å². The molecule has 62 valence electrons. The predicted octanol–water partition coefficient (Wildman–Crippen LogP) is 2.63. The highest BCUT2D eigenvalue weighted by Gasteiger charge is 2.24. The maximum absolute atomic E-state index is 11.7. The van der Waals surface area contributed by atoms with E-state index in [1.165, 1.54) is 0 Å². The average molecular weight is 180 g/mol. The first-order valence-electron chi connectivity index (χ1n) is 2.73. The van der Waals surface area contributed by atoms with E-state index in [9.17, 15) is 13.0 Å². The molecule has 0 heterocycles. The first-order chi connectivity index (χ1) is 4.99. The van der Waals surface area contributed by atoms with Gasteiger partial charge in [-0.1, -0.05) is 6.08 Å². The zero-order valence-corrected chi connectivity index (χ0v) is 6.56. The summed E-state index contributed by atoms with van der Waals surface area (Å²) in [5.74, 6) is 2.09. The summed E-state index contributed by atoms with van der Waals surface area (Å²) in [6.07, 6.45) is 4.82. The number of hydrogen-bond donors (Lipinski definition) is 0. The summed E-state index contributed by atoms with van der Waals surface area (Å²) in [5, 5.41) is 0. The summed E-state index contributed by atoms with van der Waals surface area (Å²) in [6, 6.07) is 0. The van der Waals surface area contributed by atoms with E-state index >= 15 is 0 Å². The lowest BCUT2D eigenvalue weighted by Crippen LogP contribution is -2.03.